The van der Waals surface area contributed by atoms with Gasteiger partial charge in [-0.15, -0.1) is 0 Å². The Hall–Kier alpha value is -4.13. The van der Waals surface area contributed by atoms with E-state index >= 15 is 0 Å². The number of benzene rings is 3. The van der Waals surface area contributed by atoms with E-state index in [9.17, 15) is 14.4 Å². The molecule has 7 heteroatoms. The molecular weight excluding hydrogens is 408 g/mol. The van der Waals surface area contributed by atoms with Gasteiger partial charge in [0.1, 0.15) is 11.5 Å². The maximum atomic E-state index is 12.7. The number of hydrogen-bond acceptors (Lipinski definition) is 5. The first-order chi connectivity index (χ1) is 15.5. The fourth-order valence-corrected chi connectivity index (χ4v) is 2.92. The predicted octanol–water partition coefficient (Wildman–Crippen LogP) is 3.95. The van der Waals surface area contributed by atoms with Gasteiger partial charge < -0.3 is 20.1 Å². The van der Waals surface area contributed by atoms with E-state index in [2.05, 4.69) is 10.6 Å². The first-order valence-electron chi connectivity index (χ1n) is 10.1. The second-order valence-corrected chi connectivity index (χ2v) is 6.92. The van der Waals surface area contributed by atoms with E-state index in [1.165, 1.54) is 13.0 Å². The van der Waals surface area contributed by atoms with Crippen molar-refractivity contribution in [3.8, 4) is 11.5 Å². The van der Waals surface area contributed by atoms with Gasteiger partial charge in [0.2, 0.25) is 5.91 Å². The summed E-state index contributed by atoms with van der Waals surface area (Å²) in [5, 5.41) is 5.68. The second kappa shape index (κ2) is 11.3. The van der Waals surface area contributed by atoms with Gasteiger partial charge in [0.15, 0.2) is 0 Å². The van der Waals surface area contributed by atoms with Crippen LogP contribution in [-0.2, 0) is 16.1 Å². The third-order valence-electron chi connectivity index (χ3n) is 4.44. The quantitative estimate of drug-likeness (QED) is 0.394. The fraction of sp³-hybridized carbons (Fsp3) is 0.160. The van der Waals surface area contributed by atoms with Gasteiger partial charge in [-0.1, -0.05) is 42.5 Å². The number of carbonyl (C=O) groups excluding carboxylic acids is 3. The lowest BCUT2D eigenvalue weighted by Gasteiger charge is -2.13. The highest BCUT2D eigenvalue weighted by Crippen LogP contribution is 2.19. The van der Waals surface area contributed by atoms with Gasteiger partial charge in [-0.2, -0.15) is 0 Å². The molecule has 3 aromatic carbocycles. The Kier molecular flexibility index (Phi) is 7.97. The van der Waals surface area contributed by atoms with Gasteiger partial charge in [-0.25, -0.2) is 0 Å². The summed E-state index contributed by atoms with van der Waals surface area (Å²) in [6.45, 7) is 1.83. The molecule has 3 rings (SSSR count). The predicted molar refractivity (Wildman–Crippen MR) is 121 cm³/mol. The lowest BCUT2D eigenvalue weighted by molar-refractivity contribution is -0.131. The molecule has 2 N–H and O–H groups in total. The van der Waals surface area contributed by atoms with Crippen molar-refractivity contribution in [2.45, 2.75) is 19.9 Å². The minimum Gasteiger partial charge on any atom is -0.493 e. The van der Waals surface area contributed by atoms with Crippen LogP contribution in [0.3, 0.4) is 0 Å². The Balaban J connectivity index is 1.54. The number of hydrogen-bond donors (Lipinski definition) is 2. The second-order valence-electron chi connectivity index (χ2n) is 6.92. The first-order valence-corrected chi connectivity index (χ1v) is 10.1. The minimum atomic E-state index is -0.460. The molecule has 0 aliphatic rings. The number of carbonyl (C=O) groups is 3. The zero-order valence-corrected chi connectivity index (χ0v) is 17.7. The Morgan fingerprint density at radius 1 is 0.844 bits per heavy atom. The zero-order valence-electron chi connectivity index (χ0n) is 17.7. The van der Waals surface area contributed by atoms with Crippen molar-refractivity contribution in [3.63, 3.8) is 0 Å². The van der Waals surface area contributed by atoms with Gasteiger partial charge in [-0.05, 0) is 42.0 Å². The minimum absolute atomic E-state index is 0.156. The van der Waals surface area contributed by atoms with Crippen molar-refractivity contribution in [1.29, 1.82) is 0 Å². The summed E-state index contributed by atoms with van der Waals surface area (Å²) >= 11 is 0. The molecule has 7 nitrogen and oxygen atoms in total. The van der Waals surface area contributed by atoms with E-state index in [0.717, 1.165) is 5.56 Å². The number of anilines is 1. The van der Waals surface area contributed by atoms with Crippen LogP contribution in [0.4, 0.5) is 5.69 Å². The van der Waals surface area contributed by atoms with Crippen molar-refractivity contribution in [1.82, 2.24) is 5.32 Å². The summed E-state index contributed by atoms with van der Waals surface area (Å²) in [7, 11) is 0. The van der Waals surface area contributed by atoms with Gasteiger partial charge in [0.05, 0.1) is 13.0 Å². The maximum Gasteiger partial charge on any atom is 0.308 e. The molecule has 0 bridgehead atoms. The Morgan fingerprint density at radius 2 is 1.56 bits per heavy atom. The topological polar surface area (TPSA) is 93.7 Å². The van der Waals surface area contributed by atoms with Crippen molar-refractivity contribution in [2.24, 2.45) is 0 Å². The molecule has 164 valence electrons. The molecule has 0 saturated heterocycles. The number of amides is 2. The number of para-hydroxylation sites is 2. The molecule has 0 saturated carbocycles. The van der Waals surface area contributed by atoms with Crippen molar-refractivity contribution in [2.75, 3.05) is 11.9 Å². The molecule has 0 atom stereocenters. The largest absolute Gasteiger partial charge is 0.493 e. The molecule has 2 amide bonds. The Labute approximate surface area is 186 Å². The van der Waals surface area contributed by atoms with Crippen LogP contribution in [0, 0.1) is 0 Å². The van der Waals surface area contributed by atoms with E-state index in [4.69, 9.17) is 9.47 Å². The highest BCUT2D eigenvalue weighted by atomic mass is 16.5. The highest BCUT2D eigenvalue weighted by molar-refractivity contribution is 6.05. The Morgan fingerprint density at radius 3 is 2.34 bits per heavy atom. The molecular formula is C25H24N2O5. The SMILES string of the molecule is CC(=O)Oc1cccc(C(=O)Nc2ccccc2CNC(=O)CCOc2ccccc2)c1. The zero-order chi connectivity index (χ0) is 22.8. The average molecular weight is 432 g/mol. The molecule has 3 aromatic rings. The van der Waals surface area contributed by atoms with Crippen LogP contribution in [0.25, 0.3) is 0 Å². The third-order valence-corrected chi connectivity index (χ3v) is 4.44. The van der Waals surface area contributed by atoms with E-state index < -0.39 is 5.97 Å². The summed E-state index contributed by atoms with van der Waals surface area (Å²) < 4.78 is 10.6. The molecule has 0 aliphatic carbocycles. The lowest BCUT2D eigenvalue weighted by atomic mass is 10.1. The normalized spacial score (nSPS) is 10.2. The third kappa shape index (κ3) is 6.98. The molecule has 0 fully saturated rings. The van der Waals surface area contributed by atoms with Gasteiger partial charge in [0.25, 0.3) is 5.91 Å². The van der Waals surface area contributed by atoms with Crippen molar-refractivity contribution >= 4 is 23.5 Å². The smallest absolute Gasteiger partial charge is 0.308 e. The van der Waals surface area contributed by atoms with Crippen LogP contribution in [0.5, 0.6) is 11.5 Å². The molecule has 0 unspecified atom stereocenters. The summed E-state index contributed by atoms with van der Waals surface area (Å²) in [4.78, 5) is 36.0. The Bertz CT molecular complexity index is 1080. The maximum absolute atomic E-state index is 12.7. The van der Waals surface area contributed by atoms with E-state index in [0.29, 0.717) is 22.7 Å². The summed E-state index contributed by atoms with van der Waals surface area (Å²) in [6, 6.07) is 22.9. The van der Waals surface area contributed by atoms with Crippen molar-refractivity contribution < 1.29 is 23.9 Å². The molecule has 0 aromatic heterocycles. The van der Waals surface area contributed by atoms with Crippen LogP contribution >= 0.6 is 0 Å². The average Bonchev–Trinajstić information content (AvgIpc) is 2.79. The summed E-state index contributed by atoms with van der Waals surface area (Å²) in [5.41, 5.74) is 1.69. The van der Waals surface area contributed by atoms with Crippen LogP contribution in [0.2, 0.25) is 0 Å². The van der Waals surface area contributed by atoms with Gasteiger partial charge in [0, 0.05) is 24.7 Å². The molecule has 0 aliphatic heterocycles. The highest BCUT2D eigenvalue weighted by Gasteiger charge is 2.11. The lowest BCUT2D eigenvalue weighted by Crippen LogP contribution is -2.25. The fourth-order valence-electron chi connectivity index (χ4n) is 2.92. The number of rotatable bonds is 9. The van der Waals surface area contributed by atoms with E-state index in [1.54, 1.807) is 30.3 Å². The van der Waals surface area contributed by atoms with E-state index in [1.807, 2.05) is 42.5 Å². The number of ether oxygens (including phenoxy) is 2. The number of nitrogens with one attached hydrogen (secondary N) is 2. The molecule has 32 heavy (non-hydrogen) atoms. The van der Waals surface area contributed by atoms with Crippen LogP contribution in [-0.4, -0.2) is 24.4 Å². The van der Waals surface area contributed by atoms with Gasteiger partial charge in [-0.3, -0.25) is 14.4 Å². The van der Waals surface area contributed by atoms with Crippen LogP contribution in [0.1, 0.15) is 29.3 Å². The molecule has 0 spiro atoms. The van der Waals surface area contributed by atoms with Crippen LogP contribution < -0.4 is 20.1 Å². The number of esters is 1. The standard InChI is InChI=1S/C25H24N2O5/c1-18(28)32-22-12-7-9-19(16-22)25(30)27-23-13-6-5-8-20(23)17-26-24(29)14-15-31-21-10-3-2-4-11-21/h2-13,16H,14-15,17H2,1H3,(H,26,29)(H,27,30). The van der Waals surface area contributed by atoms with Crippen LogP contribution in [0.15, 0.2) is 78.9 Å². The molecule has 0 heterocycles. The summed E-state index contributed by atoms with van der Waals surface area (Å²) in [5.74, 6) is 0.0394. The van der Waals surface area contributed by atoms with Gasteiger partial charge >= 0.3 is 5.97 Å². The monoisotopic (exact) mass is 432 g/mol. The first kappa shape index (κ1) is 22.6. The molecule has 0 radical (unpaired) electrons. The van der Waals surface area contributed by atoms with E-state index in [-0.39, 0.29) is 31.4 Å². The van der Waals surface area contributed by atoms with Crippen molar-refractivity contribution in [3.05, 3.63) is 90.0 Å². The summed E-state index contributed by atoms with van der Waals surface area (Å²) in [6.07, 6.45) is 0.215.